The lowest BCUT2D eigenvalue weighted by Gasteiger charge is -2.22. The fourth-order valence-corrected chi connectivity index (χ4v) is 3.84. The summed E-state index contributed by atoms with van der Waals surface area (Å²) in [7, 11) is 3.98. The highest BCUT2D eigenvalue weighted by molar-refractivity contribution is 6.35. The first-order chi connectivity index (χ1) is 14.4. The zero-order valence-corrected chi connectivity index (χ0v) is 18.2. The third-order valence-corrected chi connectivity index (χ3v) is 5.51. The normalized spacial score (nSPS) is 14.9. The van der Waals surface area contributed by atoms with Gasteiger partial charge in [0.1, 0.15) is 0 Å². The van der Waals surface area contributed by atoms with E-state index in [4.69, 9.17) is 23.2 Å². The van der Waals surface area contributed by atoms with E-state index in [1.807, 2.05) is 85.7 Å². The summed E-state index contributed by atoms with van der Waals surface area (Å²) in [5, 5.41) is 1.06. The summed E-state index contributed by atoms with van der Waals surface area (Å²) in [6.07, 6.45) is 3.71. The maximum Gasteiger partial charge on any atom is 0.262 e. The van der Waals surface area contributed by atoms with Crippen LogP contribution in [0.4, 0.5) is 11.4 Å². The van der Waals surface area contributed by atoms with Crippen LogP contribution < -0.4 is 9.80 Å². The quantitative estimate of drug-likeness (QED) is 0.435. The van der Waals surface area contributed by atoms with Gasteiger partial charge in [0.25, 0.3) is 5.91 Å². The molecule has 0 N–H and O–H groups in total. The van der Waals surface area contributed by atoms with Crippen LogP contribution in [-0.4, -0.2) is 20.0 Å². The first-order valence-electron chi connectivity index (χ1n) is 9.50. The average Bonchev–Trinajstić information content (AvgIpc) is 3.07. The van der Waals surface area contributed by atoms with Crippen LogP contribution >= 0.6 is 23.2 Å². The molecule has 3 nitrogen and oxygen atoms in total. The maximum atomic E-state index is 13.4. The summed E-state index contributed by atoms with van der Waals surface area (Å²) >= 11 is 12.3. The summed E-state index contributed by atoms with van der Waals surface area (Å²) in [5.41, 5.74) is 4.99. The lowest BCUT2D eigenvalue weighted by molar-refractivity contribution is -0.113. The Bertz CT molecular complexity index is 1150. The zero-order valence-electron chi connectivity index (χ0n) is 16.6. The van der Waals surface area contributed by atoms with Crippen molar-refractivity contribution in [2.45, 2.75) is 0 Å². The fraction of sp³-hybridized carbons (Fsp3) is 0.0800. The smallest absolute Gasteiger partial charge is 0.262 e. The lowest BCUT2D eigenvalue weighted by atomic mass is 10.1. The van der Waals surface area contributed by atoms with Crippen LogP contribution in [0.3, 0.4) is 0 Å². The first kappa shape index (κ1) is 20.3. The van der Waals surface area contributed by atoms with Crippen LogP contribution in [0.15, 0.2) is 84.4 Å². The molecule has 5 heteroatoms. The highest BCUT2D eigenvalue weighted by atomic mass is 35.5. The van der Waals surface area contributed by atoms with Gasteiger partial charge in [0.2, 0.25) is 0 Å². The molecule has 0 radical (unpaired) electrons. The van der Waals surface area contributed by atoms with Crippen molar-refractivity contribution < 1.29 is 4.79 Å². The van der Waals surface area contributed by atoms with E-state index in [1.165, 1.54) is 0 Å². The Morgan fingerprint density at radius 3 is 2.23 bits per heavy atom. The van der Waals surface area contributed by atoms with E-state index in [0.29, 0.717) is 15.6 Å². The van der Waals surface area contributed by atoms with E-state index in [0.717, 1.165) is 28.2 Å². The number of benzene rings is 3. The Hall–Kier alpha value is -3.01. The minimum Gasteiger partial charge on any atom is -0.378 e. The maximum absolute atomic E-state index is 13.4. The van der Waals surface area contributed by atoms with Crippen molar-refractivity contribution in [2.24, 2.45) is 0 Å². The number of hydrogen-bond donors (Lipinski definition) is 0. The molecule has 0 saturated carbocycles. The minimum absolute atomic E-state index is 0.0996. The number of halogens is 2. The summed E-state index contributed by atoms with van der Waals surface area (Å²) in [4.78, 5) is 17.2. The molecule has 0 atom stereocenters. The molecule has 0 aromatic heterocycles. The molecular weight excluding hydrogens is 415 g/mol. The second kappa shape index (κ2) is 8.39. The minimum atomic E-state index is -0.0996. The molecule has 3 aromatic rings. The van der Waals surface area contributed by atoms with Crippen molar-refractivity contribution >= 4 is 52.3 Å². The van der Waals surface area contributed by atoms with Crippen molar-refractivity contribution in [3.8, 4) is 0 Å². The van der Waals surface area contributed by atoms with Gasteiger partial charge in [-0.05, 0) is 59.7 Å². The molecule has 0 spiro atoms. The van der Waals surface area contributed by atoms with Crippen LogP contribution in [0, 0.1) is 0 Å². The van der Waals surface area contributed by atoms with Crippen LogP contribution in [0.5, 0.6) is 0 Å². The van der Waals surface area contributed by atoms with Crippen molar-refractivity contribution in [2.75, 3.05) is 23.9 Å². The number of carbonyl (C=O) groups excluding carboxylic acids is 1. The van der Waals surface area contributed by atoms with Gasteiger partial charge in [0.05, 0.1) is 5.70 Å². The van der Waals surface area contributed by atoms with E-state index < -0.39 is 0 Å². The molecular formula is C25H20Cl2N2O. The molecule has 0 aliphatic carbocycles. The van der Waals surface area contributed by atoms with Gasteiger partial charge in [-0.3, -0.25) is 9.69 Å². The van der Waals surface area contributed by atoms with Crippen LogP contribution in [-0.2, 0) is 4.79 Å². The second-order valence-electron chi connectivity index (χ2n) is 7.21. The fourth-order valence-electron chi connectivity index (χ4n) is 3.38. The van der Waals surface area contributed by atoms with Crippen molar-refractivity contribution in [1.82, 2.24) is 0 Å². The number of rotatable bonds is 4. The van der Waals surface area contributed by atoms with Crippen LogP contribution in [0.2, 0.25) is 10.0 Å². The molecule has 0 bridgehead atoms. The lowest BCUT2D eigenvalue weighted by Crippen LogP contribution is -2.25. The molecule has 4 rings (SSSR count). The topological polar surface area (TPSA) is 23.6 Å². The third-order valence-electron chi connectivity index (χ3n) is 4.95. The van der Waals surface area contributed by atoms with Gasteiger partial charge in [-0.1, -0.05) is 59.6 Å². The van der Waals surface area contributed by atoms with E-state index >= 15 is 0 Å². The van der Waals surface area contributed by atoms with Gasteiger partial charge in [0, 0.05) is 41.1 Å². The number of carbonyl (C=O) groups is 1. The monoisotopic (exact) mass is 434 g/mol. The zero-order chi connectivity index (χ0) is 21.3. The van der Waals surface area contributed by atoms with E-state index in [-0.39, 0.29) is 5.91 Å². The Labute approximate surface area is 186 Å². The molecule has 0 fully saturated rings. The van der Waals surface area contributed by atoms with E-state index in [2.05, 4.69) is 0 Å². The Morgan fingerprint density at radius 1 is 0.900 bits per heavy atom. The Morgan fingerprint density at radius 2 is 1.60 bits per heavy atom. The third kappa shape index (κ3) is 4.00. The summed E-state index contributed by atoms with van der Waals surface area (Å²) < 4.78 is 0. The van der Waals surface area contributed by atoms with Crippen molar-refractivity contribution in [3.05, 3.63) is 106 Å². The standard InChI is InChI=1S/C25H20Cl2N2O/c1-28(2)21-10-12-22(13-11-21)29-24(17-6-4-3-5-7-17)15-19(25(29)30)14-18-8-9-20(26)16-23(18)27/h3-16H,1-2H3/b19-14+. The van der Waals surface area contributed by atoms with Gasteiger partial charge in [-0.2, -0.15) is 0 Å². The molecule has 150 valence electrons. The molecule has 30 heavy (non-hydrogen) atoms. The van der Waals surface area contributed by atoms with E-state index in [9.17, 15) is 4.79 Å². The number of nitrogens with zero attached hydrogens (tertiary/aromatic N) is 2. The SMILES string of the molecule is CN(C)c1ccc(N2C(=O)/C(=C/c3ccc(Cl)cc3Cl)C=C2c2ccccc2)cc1. The molecule has 0 saturated heterocycles. The second-order valence-corrected chi connectivity index (χ2v) is 8.06. The molecule has 1 heterocycles. The largest absolute Gasteiger partial charge is 0.378 e. The summed E-state index contributed by atoms with van der Waals surface area (Å²) in [5.74, 6) is -0.0996. The summed E-state index contributed by atoms with van der Waals surface area (Å²) in [6, 6.07) is 23.1. The average molecular weight is 435 g/mol. The molecule has 3 aromatic carbocycles. The predicted octanol–water partition coefficient (Wildman–Crippen LogP) is 6.53. The predicted molar refractivity (Wildman–Crippen MR) is 127 cm³/mol. The van der Waals surface area contributed by atoms with E-state index in [1.54, 1.807) is 23.1 Å². The molecule has 1 amide bonds. The number of hydrogen-bond acceptors (Lipinski definition) is 2. The molecule has 0 unspecified atom stereocenters. The van der Waals surface area contributed by atoms with Gasteiger partial charge in [0.15, 0.2) is 0 Å². The molecule has 1 aliphatic rings. The highest BCUT2D eigenvalue weighted by Gasteiger charge is 2.30. The molecule has 1 aliphatic heterocycles. The number of amides is 1. The van der Waals surface area contributed by atoms with Gasteiger partial charge in [-0.25, -0.2) is 0 Å². The van der Waals surface area contributed by atoms with Crippen molar-refractivity contribution in [1.29, 1.82) is 0 Å². The van der Waals surface area contributed by atoms with Gasteiger partial charge < -0.3 is 4.90 Å². The van der Waals surface area contributed by atoms with Gasteiger partial charge in [-0.15, -0.1) is 0 Å². The Balaban J connectivity index is 1.80. The first-order valence-corrected chi connectivity index (χ1v) is 10.3. The van der Waals surface area contributed by atoms with Gasteiger partial charge >= 0.3 is 0 Å². The Kier molecular flexibility index (Phi) is 5.67. The van der Waals surface area contributed by atoms with Crippen molar-refractivity contribution in [3.63, 3.8) is 0 Å². The highest BCUT2D eigenvalue weighted by Crippen LogP contribution is 2.36. The van der Waals surface area contributed by atoms with Crippen LogP contribution in [0.1, 0.15) is 11.1 Å². The van der Waals surface area contributed by atoms with Crippen LogP contribution in [0.25, 0.3) is 11.8 Å². The number of anilines is 2. The summed E-state index contributed by atoms with van der Waals surface area (Å²) in [6.45, 7) is 0.